The number of aliphatic hydroxyl groups excluding tert-OH is 2. The predicted octanol–water partition coefficient (Wildman–Crippen LogP) is 3.05. The van der Waals surface area contributed by atoms with Gasteiger partial charge in [0, 0.05) is 6.61 Å². The Morgan fingerprint density at radius 2 is 1.93 bits per heavy atom. The van der Waals surface area contributed by atoms with Crippen LogP contribution >= 0.6 is 0 Å². The highest BCUT2D eigenvalue weighted by Crippen LogP contribution is 2.25. The van der Waals surface area contributed by atoms with Gasteiger partial charge in [-0.2, -0.15) is 0 Å². The molecule has 5 N–H and O–H groups in total. The first-order valence-electron chi connectivity index (χ1n) is 10.0. The van der Waals surface area contributed by atoms with Crippen molar-refractivity contribution in [1.82, 2.24) is 0 Å². The van der Waals surface area contributed by atoms with Crippen LogP contribution in [-0.4, -0.2) is 42.0 Å². The summed E-state index contributed by atoms with van der Waals surface area (Å²) >= 11 is 0. The maximum absolute atomic E-state index is 12.0. The van der Waals surface area contributed by atoms with E-state index in [0.717, 1.165) is 0 Å². The van der Waals surface area contributed by atoms with Gasteiger partial charge in [0.25, 0.3) is 0 Å². The van der Waals surface area contributed by atoms with Crippen LogP contribution in [0.1, 0.15) is 31.4 Å². The van der Waals surface area contributed by atoms with Gasteiger partial charge in [-0.15, -0.1) is 0 Å². The molecule has 0 fully saturated rings. The van der Waals surface area contributed by atoms with Crippen molar-refractivity contribution in [3.63, 3.8) is 0 Å². The fraction of sp³-hybridized carbons (Fsp3) is 0.348. The number of allylic oxidation sites excluding steroid dienone is 1. The van der Waals surface area contributed by atoms with Crippen molar-refractivity contribution >= 4 is 17.3 Å². The Labute approximate surface area is 177 Å². The summed E-state index contributed by atoms with van der Waals surface area (Å²) in [6, 6.07) is 14.1. The summed E-state index contributed by atoms with van der Waals surface area (Å²) in [6.45, 7) is 2.51. The molecule has 0 aliphatic carbocycles. The first-order valence-corrected chi connectivity index (χ1v) is 10.0. The second kappa shape index (κ2) is 12.6. The Morgan fingerprint density at radius 1 is 1.20 bits per heavy atom. The zero-order valence-corrected chi connectivity index (χ0v) is 17.2. The molecule has 7 heteroatoms. The molecule has 1 amide bonds. The van der Waals surface area contributed by atoms with E-state index in [1.807, 2.05) is 6.92 Å². The molecule has 0 aliphatic heterocycles. The van der Waals surface area contributed by atoms with E-state index in [9.17, 15) is 9.90 Å². The number of rotatable bonds is 12. The van der Waals surface area contributed by atoms with Crippen molar-refractivity contribution in [2.24, 2.45) is 0 Å². The maximum Gasteiger partial charge on any atom is 0.248 e. The van der Waals surface area contributed by atoms with Crippen LogP contribution in [0.2, 0.25) is 0 Å². The van der Waals surface area contributed by atoms with Gasteiger partial charge >= 0.3 is 0 Å². The third-order valence-corrected chi connectivity index (χ3v) is 4.42. The van der Waals surface area contributed by atoms with Crippen molar-refractivity contribution in [3.8, 4) is 5.75 Å². The Kier molecular flexibility index (Phi) is 9.86. The number of hydrogen-bond donors (Lipinski definition) is 4. The normalized spacial score (nSPS) is 13.2. The number of amides is 1. The number of benzene rings is 2. The van der Waals surface area contributed by atoms with E-state index in [-0.39, 0.29) is 19.1 Å². The Bertz CT molecular complexity index is 807. The number of nitrogens with two attached hydrogens (primary N) is 1. The van der Waals surface area contributed by atoms with Crippen LogP contribution in [0.25, 0.3) is 0 Å². The van der Waals surface area contributed by atoms with Crippen LogP contribution in [-0.2, 0) is 9.53 Å². The highest BCUT2D eigenvalue weighted by molar-refractivity contribution is 6.01. The summed E-state index contributed by atoms with van der Waals surface area (Å²) in [7, 11) is 0. The van der Waals surface area contributed by atoms with E-state index in [1.54, 1.807) is 54.6 Å². The third-order valence-electron chi connectivity index (χ3n) is 4.42. The summed E-state index contributed by atoms with van der Waals surface area (Å²) in [6.07, 6.45) is 3.11. The van der Waals surface area contributed by atoms with Gasteiger partial charge in [-0.05, 0) is 55.7 Å². The molecular weight excluding hydrogens is 384 g/mol. The molecule has 162 valence electrons. The van der Waals surface area contributed by atoms with E-state index in [4.69, 9.17) is 20.3 Å². The quantitative estimate of drug-likeness (QED) is 0.314. The van der Waals surface area contributed by atoms with Crippen molar-refractivity contribution in [2.75, 3.05) is 30.9 Å². The van der Waals surface area contributed by atoms with E-state index in [0.29, 0.717) is 42.1 Å². The molecule has 0 spiro atoms. The minimum atomic E-state index is -0.803. The standard InChI is InChI=1S/C23H30N2O5/c1-2-29-21(23(28)17-11-13-18(14-12-17)30-16-15-26)9-5-6-10-22(27)25-20-8-4-3-7-19(20)24/h3-4,6-8,10-14,21,23,26,28H,2,5,9,15-16,24H2,1H3,(H,25,27)/b10-6+/t21-,23-/m0/s1. The third kappa shape index (κ3) is 7.51. The first kappa shape index (κ1) is 23.4. The summed E-state index contributed by atoms with van der Waals surface area (Å²) in [5, 5.41) is 22.2. The van der Waals surface area contributed by atoms with Crippen molar-refractivity contribution in [2.45, 2.75) is 32.0 Å². The molecule has 2 aromatic rings. The van der Waals surface area contributed by atoms with Crippen LogP contribution in [0.3, 0.4) is 0 Å². The van der Waals surface area contributed by atoms with Gasteiger partial charge in [0.2, 0.25) is 5.91 Å². The minimum absolute atomic E-state index is 0.0545. The number of aliphatic hydroxyl groups is 2. The zero-order chi connectivity index (χ0) is 21.8. The number of carbonyl (C=O) groups excluding carboxylic acids is 1. The maximum atomic E-state index is 12.0. The van der Waals surface area contributed by atoms with Crippen LogP contribution in [0.4, 0.5) is 11.4 Å². The van der Waals surface area contributed by atoms with Gasteiger partial charge in [-0.3, -0.25) is 4.79 Å². The summed E-state index contributed by atoms with van der Waals surface area (Å²) in [5.74, 6) is 0.362. The predicted molar refractivity (Wildman–Crippen MR) is 117 cm³/mol. The number of nitrogen functional groups attached to an aromatic ring is 1. The van der Waals surface area contributed by atoms with Crippen molar-refractivity contribution < 1.29 is 24.5 Å². The van der Waals surface area contributed by atoms with E-state index in [2.05, 4.69) is 5.32 Å². The lowest BCUT2D eigenvalue weighted by atomic mass is 10.0. The molecule has 0 aliphatic rings. The fourth-order valence-corrected chi connectivity index (χ4v) is 2.92. The van der Waals surface area contributed by atoms with Gasteiger partial charge in [0.05, 0.1) is 24.1 Å². The van der Waals surface area contributed by atoms with Crippen LogP contribution < -0.4 is 15.8 Å². The Hall–Kier alpha value is -2.87. The molecule has 2 atom stereocenters. The fourth-order valence-electron chi connectivity index (χ4n) is 2.92. The highest BCUT2D eigenvalue weighted by atomic mass is 16.5. The molecule has 30 heavy (non-hydrogen) atoms. The lowest BCUT2D eigenvalue weighted by molar-refractivity contribution is -0.111. The van der Waals surface area contributed by atoms with Crippen molar-refractivity contribution in [3.05, 3.63) is 66.2 Å². The molecule has 0 bridgehead atoms. The molecule has 0 unspecified atom stereocenters. The molecule has 0 aromatic heterocycles. The van der Waals surface area contributed by atoms with Crippen molar-refractivity contribution in [1.29, 1.82) is 0 Å². The highest BCUT2D eigenvalue weighted by Gasteiger charge is 2.20. The van der Waals surface area contributed by atoms with Crippen LogP contribution in [0.15, 0.2) is 60.7 Å². The summed E-state index contributed by atoms with van der Waals surface area (Å²) in [4.78, 5) is 12.0. The molecule has 0 heterocycles. The van der Waals surface area contributed by atoms with Gasteiger partial charge in [-0.1, -0.05) is 30.3 Å². The number of carbonyl (C=O) groups is 1. The van der Waals surface area contributed by atoms with Crippen LogP contribution in [0, 0.1) is 0 Å². The number of hydrogen-bond acceptors (Lipinski definition) is 6. The number of ether oxygens (including phenoxy) is 2. The SMILES string of the molecule is CCO[C@@H](CC/C=C/C(=O)Nc1ccccc1N)[C@@H](O)c1ccc(OCCO)cc1. The first-order chi connectivity index (χ1) is 14.5. The van der Waals surface area contributed by atoms with E-state index in [1.165, 1.54) is 6.08 Å². The minimum Gasteiger partial charge on any atom is -0.491 e. The lowest BCUT2D eigenvalue weighted by Crippen LogP contribution is -2.22. The number of para-hydroxylation sites is 2. The largest absolute Gasteiger partial charge is 0.491 e. The zero-order valence-electron chi connectivity index (χ0n) is 17.2. The molecule has 7 nitrogen and oxygen atoms in total. The van der Waals surface area contributed by atoms with Crippen LogP contribution in [0.5, 0.6) is 5.75 Å². The van der Waals surface area contributed by atoms with E-state index < -0.39 is 12.2 Å². The topological polar surface area (TPSA) is 114 Å². The molecular formula is C23H30N2O5. The van der Waals surface area contributed by atoms with Gasteiger partial charge in [0.15, 0.2) is 0 Å². The van der Waals surface area contributed by atoms with E-state index >= 15 is 0 Å². The van der Waals surface area contributed by atoms with Gasteiger partial charge in [0.1, 0.15) is 18.5 Å². The van der Waals surface area contributed by atoms with Gasteiger partial charge in [-0.25, -0.2) is 0 Å². The smallest absolute Gasteiger partial charge is 0.248 e. The molecule has 2 rings (SSSR count). The Balaban J connectivity index is 1.87. The summed E-state index contributed by atoms with van der Waals surface area (Å²) in [5.41, 5.74) is 7.61. The second-order valence-corrected chi connectivity index (χ2v) is 6.64. The number of anilines is 2. The molecule has 0 saturated carbocycles. The second-order valence-electron chi connectivity index (χ2n) is 6.64. The average Bonchev–Trinajstić information content (AvgIpc) is 2.76. The van der Waals surface area contributed by atoms with Gasteiger partial charge < -0.3 is 30.7 Å². The molecule has 2 aromatic carbocycles. The monoisotopic (exact) mass is 414 g/mol. The molecule has 0 saturated heterocycles. The average molecular weight is 415 g/mol. The lowest BCUT2D eigenvalue weighted by Gasteiger charge is -2.23. The summed E-state index contributed by atoms with van der Waals surface area (Å²) < 4.78 is 11.0. The number of nitrogens with one attached hydrogen (secondary N) is 1. The molecule has 0 radical (unpaired) electrons. The Morgan fingerprint density at radius 3 is 2.60 bits per heavy atom.